The van der Waals surface area contributed by atoms with Gasteiger partial charge in [0.25, 0.3) is 0 Å². The molecule has 0 aliphatic heterocycles. The zero-order chi connectivity index (χ0) is 19.5. The number of fused-ring (bicyclic) bond motifs is 1. The summed E-state index contributed by atoms with van der Waals surface area (Å²) in [5.74, 6) is -0.755. The van der Waals surface area contributed by atoms with Gasteiger partial charge in [0.15, 0.2) is 0 Å². The lowest BCUT2D eigenvalue weighted by Gasteiger charge is -2.08. The molecule has 2 heterocycles. The van der Waals surface area contributed by atoms with Crippen molar-refractivity contribution >= 4 is 28.2 Å². The highest BCUT2D eigenvalue weighted by Crippen LogP contribution is 2.30. The second-order valence-corrected chi connectivity index (χ2v) is 7.94. The molecule has 4 heteroatoms. The van der Waals surface area contributed by atoms with Gasteiger partial charge in [-0.15, -0.1) is 0 Å². The van der Waals surface area contributed by atoms with Crippen LogP contribution in [0, 0.1) is 6.92 Å². The van der Waals surface area contributed by atoms with Crippen LogP contribution >= 0.6 is 11.3 Å². The summed E-state index contributed by atoms with van der Waals surface area (Å²) < 4.78 is 2.27. The minimum absolute atomic E-state index is 0.152. The van der Waals surface area contributed by atoms with Crippen LogP contribution in [0.3, 0.4) is 0 Å². The standard InChI is InChI=1S/C24H23NO2S/c1-17-4-2-3-5-18(17)10-12-25-15-20(7-9-24(26)27)22-14-19(6-8-23(22)25)21-11-13-28-16-21/h2-6,8,11,13-16H,7,9-10,12H2,1H3,(H,26,27). The molecule has 0 atom stereocenters. The molecule has 0 unspecified atom stereocenters. The van der Waals surface area contributed by atoms with E-state index >= 15 is 0 Å². The van der Waals surface area contributed by atoms with Crippen LogP contribution in [0.4, 0.5) is 0 Å². The Hall–Kier alpha value is -2.85. The summed E-state index contributed by atoms with van der Waals surface area (Å²) in [6.45, 7) is 3.03. The third-order valence-electron chi connectivity index (χ3n) is 5.31. The van der Waals surface area contributed by atoms with Gasteiger partial charge < -0.3 is 9.67 Å². The molecule has 4 rings (SSSR count). The molecular formula is C24H23NO2S. The molecule has 0 saturated carbocycles. The molecule has 2 aromatic heterocycles. The molecule has 0 bridgehead atoms. The van der Waals surface area contributed by atoms with Crippen molar-refractivity contribution < 1.29 is 9.90 Å². The Balaban J connectivity index is 1.69. The summed E-state index contributed by atoms with van der Waals surface area (Å²) in [6, 6.07) is 17.1. The predicted octanol–water partition coefficient (Wildman–Crippen LogP) is 5.94. The molecule has 3 nitrogen and oxygen atoms in total. The molecule has 0 aliphatic carbocycles. The lowest BCUT2D eigenvalue weighted by atomic mass is 10.0. The molecule has 142 valence electrons. The van der Waals surface area contributed by atoms with E-state index in [0.717, 1.165) is 23.9 Å². The van der Waals surface area contributed by atoms with Crippen LogP contribution in [0.2, 0.25) is 0 Å². The number of rotatable bonds is 7. The molecule has 2 aromatic carbocycles. The van der Waals surface area contributed by atoms with E-state index in [1.165, 1.54) is 27.8 Å². The van der Waals surface area contributed by atoms with Gasteiger partial charge in [0.2, 0.25) is 0 Å². The van der Waals surface area contributed by atoms with E-state index in [1.807, 2.05) is 0 Å². The third-order valence-corrected chi connectivity index (χ3v) is 5.99. The van der Waals surface area contributed by atoms with Crippen molar-refractivity contribution in [1.82, 2.24) is 4.57 Å². The van der Waals surface area contributed by atoms with Crippen LogP contribution in [0.25, 0.3) is 22.0 Å². The summed E-state index contributed by atoms with van der Waals surface area (Å²) in [6.07, 6.45) is 3.81. The summed E-state index contributed by atoms with van der Waals surface area (Å²) in [5.41, 5.74) is 7.34. The second-order valence-electron chi connectivity index (χ2n) is 7.16. The lowest BCUT2D eigenvalue weighted by Crippen LogP contribution is -2.01. The van der Waals surface area contributed by atoms with Crippen molar-refractivity contribution in [1.29, 1.82) is 0 Å². The topological polar surface area (TPSA) is 42.2 Å². The lowest BCUT2D eigenvalue weighted by molar-refractivity contribution is -0.136. The summed E-state index contributed by atoms with van der Waals surface area (Å²) in [4.78, 5) is 11.1. The Morgan fingerprint density at radius 1 is 1.04 bits per heavy atom. The number of benzene rings is 2. The van der Waals surface area contributed by atoms with Gasteiger partial charge in [-0.2, -0.15) is 11.3 Å². The van der Waals surface area contributed by atoms with Crippen molar-refractivity contribution in [3.63, 3.8) is 0 Å². The van der Waals surface area contributed by atoms with Crippen molar-refractivity contribution in [2.75, 3.05) is 0 Å². The first-order chi connectivity index (χ1) is 13.6. The number of hydrogen-bond acceptors (Lipinski definition) is 2. The average Bonchev–Trinajstić information content (AvgIpc) is 3.34. The third kappa shape index (κ3) is 3.87. The number of carboxylic acid groups (broad SMARTS) is 1. The number of hydrogen-bond donors (Lipinski definition) is 1. The van der Waals surface area contributed by atoms with E-state index in [0.29, 0.717) is 6.42 Å². The minimum Gasteiger partial charge on any atom is -0.481 e. The van der Waals surface area contributed by atoms with Gasteiger partial charge in [-0.3, -0.25) is 4.79 Å². The van der Waals surface area contributed by atoms with Gasteiger partial charge in [0.05, 0.1) is 0 Å². The van der Waals surface area contributed by atoms with Gasteiger partial charge >= 0.3 is 5.97 Å². The van der Waals surface area contributed by atoms with Crippen LogP contribution < -0.4 is 0 Å². The molecule has 0 saturated heterocycles. The van der Waals surface area contributed by atoms with Gasteiger partial charge in [-0.05, 0) is 76.5 Å². The Bertz CT molecular complexity index is 1110. The molecule has 0 aliphatic rings. The monoisotopic (exact) mass is 389 g/mol. The number of aliphatic carboxylic acids is 1. The normalized spacial score (nSPS) is 11.2. The molecule has 0 radical (unpaired) electrons. The number of aryl methyl sites for hydroxylation is 4. The first-order valence-corrected chi connectivity index (χ1v) is 10.5. The number of aromatic nitrogens is 1. The van der Waals surface area contributed by atoms with Crippen LogP contribution in [-0.2, 0) is 24.2 Å². The van der Waals surface area contributed by atoms with Crippen molar-refractivity contribution in [3.8, 4) is 11.1 Å². The second kappa shape index (κ2) is 8.03. The Morgan fingerprint density at radius 3 is 2.64 bits per heavy atom. The van der Waals surface area contributed by atoms with Gasteiger partial charge in [0, 0.05) is 30.1 Å². The SMILES string of the molecule is Cc1ccccc1CCn1cc(CCC(=O)O)c2cc(-c3ccsc3)ccc21. The smallest absolute Gasteiger partial charge is 0.303 e. The maximum absolute atomic E-state index is 11.1. The highest BCUT2D eigenvalue weighted by Gasteiger charge is 2.12. The van der Waals surface area contributed by atoms with Gasteiger partial charge in [-0.1, -0.05) is 30.3 Å². The molecule has 0 fully saturated rings. The fraction of sp³-hybridized carbons (Fsp3) is 0.208. The zero-order valence-corrected chi connectivity index (χ0v) is 16.7. The number of thiophene rings is 1. The molecule has 1 N–H and O–H groups in total. The summed E-state index contributed by atoms with van der Waals surface area (Å²) >= 11 is 1.69. The van der Waals surface area contributed by atoms with Crippen molar-refractivity contribution in [2.24, 2.45) is 0 Å². The van der Waals surface area contributed by atoms with E-state index < -0.39 is 5.97 Å². The number of nitrogens with zero attached hydrogens (tertiary/aromatic N) is 1. The minimum atomic E-state index is -0.755. The predicted molar refractivity (Wildman–Crippen MR) is 116 cm³/mol. The Labute approximate surface area is 168 Å². The molecule has 0 spiro atoms. The molecular weight excluding hydrogens is 366 g/mol. The van der Waals surface area contributed by atoms with Gasteiger partial charge in [-0.25, -0.2) is 0 Å². The Kier molecular flexibility index (Phi) is 5.31. The maximum atomic E-state index is 11.1. The average molecular weight is 390 g/mol. The van der Waals surface area contributed by atoms with E-state index in [4.69, 9.17) is 5.11 Å². The number of carbonyl (C=O) groups is 1. The molecule has 28 heavy (non-hydrogen) atoms. The first kappa shape index (κ1) is 18.5. The highest BCUT2D eigenvalue weighted by molar-refractivity contribution is 7.08. The quantitative estimate of drug-likeness (QED) is 0.425. The van der Waals surface area contributed by atoms with E-state index in [2.05, 4.69) is 77.0 Å². The summed E-state index contributed by atoms with van der Waals surface area (Å²) in [7, 11) is 0. The first-order valence-electron chi connectivity index (χ1n) is 9.52. The highest BCUT2D eigenvalue weighted by atomic mass is 32.1. The van der Waals surface area contributed by atoms with Crippen LogP contribution in [0.5, 0.6) is 0 Å². The van der Waals surface area contributed by atoms with Crippen molar-refractivity contribution in [3.05, 3.63) is 82.2 Å². The zero-order valence-electron chi connectivity index (χ0n) is 15.9. The van der Waals surface area contributed by atoms with E-state index in [9.17, 15) is 4.79 Å². The molecule has 4 aromatic rings. The maximum Gasteiger partial charge on any atom is 0.303 e. The van der Waals surface area contributed by atoms with Crippen LogP contribution in [-0.4, -0.2) is 15.6 Å². The summed E-state index contributed by atoms with van der Waals surface area (Å²) in [5, 5.41) is 14.5. The van der Waals surface area contributed by atoms with Crippen LogP contribution in [0.1, 0.15) is 23.1 Å². The van der Waals surface area contributed by atoms with Crippen LogP contribution in [0.15, 0.2) is 65.5 Å². The fourth-order valence-corrected chi connectivity index (χ4v) is 4.40. The van der Waals surface area contributed by atoms with Gasteiger partial charge in [0.1, 0.15) is 0 Å². The Morgan fingerprint density at radius 2 is 1.89 bits per heavy atom. The van der Waals surface area contributed by atoms with E-state index in [-0.39, 0.29) is 6.42 Å². The fourth-order valence-electron chi connectivity index (χ4n) is 3.74. The largest absolute Gasteiger partial charge is 0.481 e. The van der Waals surface area contributed by atoms with E-state index in [1.54, 1.807) is 11.3 Å². The van der Waals surface area contributed by atoms with Crippen molar-refractivity contribution in [2.45, 2.75) is 32.7 Å². The number of carboxylic acids is 1. The molecule has 0 amide bonds.